The molecule has 0 unspecified atom stereocenters. The Morgan fingerprint density at radius 3 is 2.50 bits per heavy atom. The molecule has 1 aliphatic heterocycles. The molecule has 1 aromatic heterocycles. The highest BCUT2D eigenvalue weighted by Crippen LogP contribution is 2.10. The van der Waals surface area contributed by atoms with E-state index in [1.165, 1.54) is 19.3 Å². The highest BCUT2D eigenvalue weighted by Gasteiger charge is 2.20. The lowest BCUT2D eigenvalue weighted by Crippen LogP contribution is -2.53. The maximum atomic E-state index is 4.81. The van der Waals surface area contributed by atoms with E-state index in [1.807, 2.05) is 6.07 Å². The average Bonchev–Trinajstić information content (AvgIpc) is 2.61. The Labute approximate surface area is 146 Å². The molecule has 1 aromatic rings. The van der Waals surface area contributed by atoms with Crippen LogP contribution in [0.15, 0.2) is 23.5 Å². The number of rotatable bonds is 7. The van der Waals surface area contributed by atoms with Crippen LogP contribution in [0.5, 0.6) is 0 Å². The van der Waals surface area contributed by atoms with Gasteiger partial charge in [0, 0.05) is 51.7 Å². The summed E-state index contributed by atoms with van der Waals surface area (Å²) in [4.78, 5) is 18.1. The quantitative estimate of drug-likeness (QED) is 0.472. The van der Waals surface area contributed by atoms with Gasteiger partial charge in [0.1, 0.15) is 0 Å². The number of aliphatic imine (C=N–C) groups is 1. The molecule has 24 heavy (non-hydrogen) atoms. The van der Waals surface area contributed by atoms with Crippen molar-refractivity contribution in [2.24, 2.45) is 10.9 Å². The molecule has 1 aliphatic rings. The predicted octanol–water partition coefficient (Wildman–Crippen LogP) is 2.39. The fourth-order valence-electron chi connectivity index (χ4n) is 2.85. The van der Waals surface area contributed by atoms with E-state index >= 15 is 0 Å². The topological polar surface area (TPSA) is 56.7 Å². The maximum Gasteiger partial charge on any atom is 0.225 e. The summed E-state index contributed by atoms with van der Waals surface area (Å²) in [6, 6.07) is 1.86. The summed E-state index contributed by atoms with van der Waals surface area (Å²) in [6.07, 6.45) is 7.33. The van der Waals surface area contributed by atoms with Crippen LogP contribution in [0.3, 0.4) is 0 Å². The third-order valence-electron chi connectivity index (χ3n) is 4.20. The molecule has 0 aliphatic carbocycles. The SMILES string of the molecule is CCNC(=NCCCCC(C)C)N1CCN(c2ncccn2)CC1. The molecule has 0 amide bonds. The highest BCUT2D eigenvalue weighted by molar-refractivity contribution is 5.80. The largest absolute Gasteiger partial charge is 0.357 e. The minimum atomic E-state index is 0.787. The van der Waals surface area contributed by atoms with E-state index in [1.54, 1.807) is 12.4 Å². The number of piperazine rings is 1. The van der Waals surface area contributed by atoms with Gasteiger partial charge in [-0.15, -0.1) is 0 Å². The number of hydrogen-bond acceptors (Lipinski definition) is 4. The lowest BCUT2D eigenvalue weighted by molar-refractivity contribution is 0.370. The smallest absolute Gasteiger partial charge is 0.225 e. The zero-order chi connectivity index (χ0) is 17.2. The summed E-state index contributed by atoms with van der Waals surface area (Å²) in [7, 11) is 0. The Morgan fingerprint density at radius 2 is 1.88 bits per heavy atom. The lowest BCUT2D eigenvalue weighted by atomic mass is 10.1. The van der Waals surface area contributed by atoms with Crippen molar-refractivity contribution in [2.45, 2.75) is 40.0 Å². The third-order valence-corrected chi connectivity index (χ3v) is 4.20. The number of unbranched alkanes of at least 4 members (excludes halogenated alkanes) is 1. The second-order valence-electron chi connectivity index (χ2n) is 6.65. The molecule has 1 N–H and O–H groups in total. The number of nitrogens with one attached hydrogen (secondary N) is 1. The van der Waals surface area contributed by atoms with Crippen LogP contribution in [0.25, 0.3) is 0 Å². The third kappa shape index (κ3) is 5.98. The van der Waals surface area contributed by atoms with Crippen LogP contribution in [-0.2, 0) is 0 Å². The molecule has 2 heterocycles. The first-order chi connectivity index (χ1) is 11.7. The molecular formula is C18H32N6. The molecule has 0 bridgehead atoms. The van der Waals surface area contributed by atoms with Gasteiger partial charge in [0.05, 0.1) is 0 Å². The van der Waals surface area contributed by atoms with Gasteiger partial charge in [0.25, 0.3) is 0 Å². The number of anilines is 1. The van der Waals surface area contributed by atoms with E-state index in [4.69, 9.17) is 4.99 Å². The van der Waals surface area contributed by atoms with Gasteiger partial charge in [0.15, 0.2) is 5.96 Å². The lowest BCUT2D eigenvalue weighted by Gasteiger charge is -2.36. The van der Waals surface area contributed by atoms with Gasteiger partial charge in [0.2, 0.25) is 5.95 Å². The molecule has 1 fully saturated rings. The molecule has 0 saturated carbocycles. The normalized spacial score (nSPS) is 15.9. The summed E-state index contributed by atoms with van der Waals surface area (Å²) in [5.74, 6) is 2.67. The number of guanidine groups is 1. The summed E-state index contributed by atoms with van der Waals surface area (Å²) in [6.45, 7) is 12.3. The van der Waals surface area contributed by atoms with Crippen LogP contribution in [0.2, 0.25) is 0 Å². The number of aromatic nitrogens is 2. The van der Waals surface area contributed by atoms with Crippen molar-refractivity contribution in [3.63, 3.8) is 0 Å². The van der Waals surface area contributed by atoms with Crippen LogP contribution in [0, 0.1) is 5.92 Å². The molecule has 6 heteroatoms. The van der Waals surface area contributed by atoms with E-state index in [9.17, 15) is 0 Å². The Hall–Kier alpha value is -1.85. The van der Waals surface area contributed by atoms with Gasteiger partial charge in [-0.05, 0) is 25.3 Å². The summed E-state index contributed by atoms with van der Waals surface area (Å²) in [5, 5.41) is 3.43. The van der Waals surface area contributed by atoms with Crippen molar-refractivity contribution in [1.82, 2.24) is 20.2 Å². The molecule has 2 rings (SSSR count). The van der Waals surface area contributed by atoms with Crippen LogP contribution in [0.1, 0.15) is 40.0 Å². The molecule has 0 radical (unpaired) electrons. The highest BCUT2D eigenvalue weighted by atomic mass is 15.4. The van der Waals surface area contributed by atoms with E-state index < -0.39 is 0 Å². The maximum absolute atomic E-state index is 4.81. The van der Waals surface area contributed by atoms with Crippen LogP contribution in [0.4, 0.5) is 5.95 Å². The minimum absolute atomic E-state index is 0.787. The number of nitrogens with zero attached hydrogens (tertiary/aromatic N) is 5. The van der Waals surface area contributed by atoms with Crippen molar-refractivity contribution < 1.29 is 0 Å². The van der Waals surface area contributed by atoms with Crippen molar-refractivity contribution in [3.05, 3.63) is 18.5 Å². The van der Waals surface area contributed by atoms with E-state index in [0.29, 0.717) is 0 Å². The first kappa shape index (κ1) is 18.5. The van der Waals surface area contributed by atoms with Crippen molar-refractivity contribution in [2.75, 3.05) is 44.2 Å². The standard InChI is InChI=1S/C18H32N6/c1-4-19-17(20-9-6-5-8-16(2)3)23-12-14-24(15-13-23)18-21-10-7-11-22-18/h7,10-11,16H,4-6,8-9,12-15H2,1-3H3,(H,19,20). The van der Waals surface area contributed by atoms with Gasteiger partial charge >= 0.3 is 0 Å². The zero-order valence-electron chi connectivity index (χ0n) is 15.4. The van der Waals surface area contributed by atoms with Crippen molar-refractivity contribution in [3.8, 4) is 0 Å². The van der Waals surface area contributed by atoms with Crippen LogP contribution < -0.4 is 10.2 Å². The average molecular weight is 332 g/mol. The van der Waals surface area contributed by atoms with Gasteiger partial charge in [-0.1, -0.05) is 26.7 Å². The zero-order valence-corrected chi connectivity index (χ0v) is 15.4. The summed E-state index contributed by atoms with van der Waals surface area (Å²) >= 11 is 0. The number of hydrogen-bond donors (Lipinski definition) is 1. The Morgan fingerprint density at radius 1 is 1.17 bits per heavy atom. The second-order valence-corrected chi connectivity index (χ2v) is 6.65. The molecule has 6 nitrogen and oxygen atoms in total. The minimum Gasteiger partial charge on any atom is -0.357 e. The predicted molar refractivity (Wildman–Crippen MR) is 100 cm³/mol. The van der Waals surface area contributed by atoms with Gasteiger partial charge in [-0.2, -0.15) is 0 Å². The van der Waals surface area contributed by atoms with Gasteiger partial charge in [-0.25, -0.2) is 9.97 Å². The first-order valence-corrected chi connectivity index (χ1v) is 9.26. The first-order valence-electron chi connectivity index (χ1n) is 9.26. The molecule has 1 saturated heterocycles. The summed E-state index contributed by atoms with van der Waals surface area (Å²) < 4.78 is 0. The molecule has 0 spiro atoms. The molecular weight excluding hydrogens is 300 g/mol. The molecule has 134 valence electrons. The van der Waals surface area contributed by atoms with Crippen molar-refractivity contribution in [1.29, 1.82) is 0 Å². The van der Waals surface area contributed by atoms with E-state index in [-0.39, 0.29) is 0 Å². The van der Waals surface area contributed by atoms with Crippen LogP contribution in [-0.4, -0.2) is 60.1 Å². The monoisotopic (exact) mass is 332 g/mol. The van der Waals surface area contributed by atoms with Gasteiger partial charge in [-0.3, -0.25) is 4.99 Å². The van der Waals surface area contributed by atoms with Crippen LogP contribution >= 0.6 is 0 Å². The van der Waals surface area contributed by atoms with E-state index in [0.717, 1.165) is 57.1 Å². The Kier molecular flexibility index (Phi) is 7.79. The van der Waals surface area contributed by atoms with E-state index in [2.05, 4.69) is 45.9 Å². The summed E-state index contributed by atoms with van der Waals surface area (Å²) in [5.41, 5.74) is 0. The van der Waals surface area contributed by atoms with Crippen molar-refractivity contribution >= 4 is 11.9 Å². The fraction of sp³-hybridized carbons (Fsp3) is 0.722. The second kappa shape index (κ2) is 10.1. The van der Waals surface area contributed by atoms with Gasteiger partial charge < -0.3 is 15.1 Å². The Bertz CT molecular complexity index is 480. The Balaban J connectivity index is 1.81. The fourth-order valence-corrected chi connectivity index (χ4v) is 2.85. The molecule has 0 atom stereocenters. The molecule has 0 aromatic carbocycles.